The molecule has 1 rings (SSSR count). The Morgan fingerprint density at radius 3 is 1.35 bits per heavy atom. The lowest BCUT2D eigenvalue weighted by molar-refractivity contribution is -0.114. The van der Waals surface area contributed by atoms with E-state index in [1.54, 1.807) is 0 Å². The predicted molar refractivity (Wildman–Crippen MR) is 64.4 cm³/mol. The number of hydrogen-bond donors (Lipinski definition) is 2. The van der Waals surface area contributed by atoms with E-state index in [-0.39, 0.29) is 5.78 Å². The normalized spacial score (nSPS) is 6.06. The standard InChI is InChI=1S/C7H8.C3H6O.2CHNO/c1-7-5-3-2-4-6-7;1-3(2)4;2*2-1-3/h2-6H,1H3;1-2H3;2*2H. The summed E-state index contributed by atoms with van der Waals surface area (Å²) in [6.45, 7) is 5.14. The average molecular weight is 236 g/mol. The molecule has 17 heavy (non-hydrogen) atoms. The largest absolute Gasteiger partial charge is 0.300 e. The first-order chi connectivity index (χ1) is 7.95. The number of carbonyl (C=O) groups is 1. The van der Waals surface area contributed by atoms with Crippen molar-refractivity contribution in [2.45, 2.75) is 20.8 Å². The van der Waals surface area contributed by atoms with Crippen LogP contribution in [0.4, 0.5) is 0 Å². The number of hydrogen-bond acceptors (Lipinski definition) is 5. The average Bonchev–Trinajstić information content (AvgIpc) is 2.20. The highest BCUT2D eigenvalue weighted by Crippen LogP contribution is 1.92. The third-order valence-corrected chi connectivity index (χ3v) is 0.940. The molecule has 0 heterocycles. The maximum absolute atomic E-state index is 9.44. The summed E-state index contributed by atoms with van der Waals surface area (Å²) in [5.41, 5.74) is 1.32. The number of Topliss-reactive ketones (excluding diaryl/α,β-unsaturated/α-hetero) is 1. The molecule has 0 radical (unpaired) electrons. The Morgan fingerprint density at radius 2 is 1.24 bits per heavy atom. The quantitative estimate of drug-likeness (QED) is 0.534. The highest BCUT2D eigenvalue weighted by Gasteiger charge is 1.72. The molecule has 2 N–H and O–H groups in total. The molecule has 0 saturated carbocycles. The van der Waals surface area contributed by atoms with Gasteiger partial charge in [-0.3, -0.25) is 0 Å². The Bertz CT molecular complexity index is 333. The SMILES string of the molecule is CC(C)=O.Cc1ccccc1.N=C=O.N=C=O. The summed E-state index contributed by atoms with van der Waals surface area (Å²) in [5, 5.41) is 10.8. The van der Waals surface area contributed by atoms with Crippen molar-refractivity contribution >= 4 is 17.9 Å². The lowest BCUT2D eigenvalue weighted by Crippen LogP contribution is -1.69. The molecule has 1 aromatic carbocycles. The summed E-state index contributed by atoms with van der Waals surface area (Å²) in [6, 6.07) is 10.3. The van der Waals surface area contributed by atoms with Crippen molar-refractivity contribution < 1.29 is 14.4 Å². The van der Waals surface area contributed by atoms with Crippen molar-refractivity contribution in [3.8, 4) is 0 Å². The van der Waals surface area contributed by atoms with Crippen molar-refractivity contribution in [3.63, 3.8) is 0 Å². The maximum Gasteiger partial charge on any atom is 0.231 e. The Morgan fingerprint density at radius 1 is 1.00 bits per heavy atom. The van der Waals surface area contributed by atoms with Gasteiger partial charge in [0, 0.05) is 0 Å². The van der Waals surface area contributed by atoms with Gasteiger partial charge in [0.2, 0.25) is 12.2 Å². The van der Waals surface area contributed by atoms with Crippen LogP contribution in [0.15, 0.2) is 30.3 Å². The van der Waals surface area contributed by atoms with Crippen LogP contribution < -0.4 is 0 Å². The number of benzene rings is 1. The number of isocyanates is 2. The highest BCUT2D eigenvalue weighted by atomic mass is 16.1. The molecule has 0 amide bonds. The molecule has 0 aliphatic heterocycles. The molecule has 0 unspecified atom stereocenters. The van der Waals surface area contributed by atoms with Gasteiger partial charge in [-0.15, -0.1) is 0 Å². The van der Waals surface area contributed by atoms with E-state index in [2.05, 4.69) is 19.1 Å². The van der Waals surface area contributed by atoms with E-state index in [1.807, 2.05) is 18.2 Å². The summed E-state index contributed by atoms with van der Waals surface area (Å²) in [5.74, 6) is 0.167. The summed E-state index contributed by atoms with van der Waals surface area (Å²) in [6.07, 6.45) is 1.50. The second kappa shape index (κ2) is 19.3. The molecule has 0 saturated heterocycles. The molecule has 0 atom stereocenters. The van der Waals surface area contributed by atoms with E-state index in [1.165, 1.54) is 19.4 Å². The maximum atomic E-state index is 9.44. The van der Waals surface area contributed by atoms with Gasteiger partial charge in [0.15, 0.2) is 0 Å². The van der Waals surface area contributed by atoms with Crippen LogP contribution in [-0.4, -0.2) is 17.9 Å². The summed E-state index contributed by atoms with van der Waals surface area (Å²) in [7, 11) is 0. The number of rotatable bonds is 0. The Balaban J connectivity index is -0.000000170. The molecule has 1 aromatic rings. The van der Waals surface area contributed by atoms with Crippen LogP contribution in [0.3, 0.4) is 0 Å². The van der Waals surface area contributed by atoms with Gasteiger partial charge in [0.1, 0.15) is 5.78 Å². The molecular formula is C12H16N2O3. The predicted octanol–water partition coefficient (Wildman–Crippen LogP) is 2.39. The summed E-state index contributed by atoms with van der Waals surface area (Å²) < 4.78 is 0. The molecule has 5 heteroatoms. The Hall–Kier alpha value is -2.35. The van der Waals surface area contributed by atoms with Gasteiger partial charge in [-0.1, -0.05) is 35.9 Å². The molecule has 0 aliphatic carbocycles. The summed E-state index contributed by atoms with van der Waals surface area (Å²) in [4.78, 5) is 26.1. The van der Waals surface area contributed by atoms with Crippen LogP contribution in [0.25, 0.3) is 0 Å². The van der Waals surface area contributed by atoms with Crippen LogP contribution in [0.5, 0.6) is 0 Å². The smallest absolute Gasteiger partial charge is 0.231 e. The molecule has 0 fully saturated rings. The van der Waals surface area contributed by atoms with Crippen LogP contribution in [0.1, 0.15) is 19.4 Å². The van der Waals surface area contributed by atoms with E-state index in [0.29, 0.717) is 0 Å². The minimum atomic E-state index is 0.167. The Kier molecular flexibility index (Phi) is 22.8. The fraction of sp³-hybridized carbons (Fsp3) is 0.250. The fourth-order valence-electron chi connectivity index (χ4n) is 0.534. The van der Waals surface area contributed by atoms with Gasteiger partial charge in [-0.05, 0) is 20.8 Å². The van der Waals surface area contributed by atoms with Crippen molar-refractivity contribution in [1.82, 2.24) is 0 Å². The van der Waals surface area contributed by atoms with Gasteiger partial charge in [-0.2, -0.15) is 0 Å². The minimum absolute atomic E-state index is 0.167. The van der Waals surface area contributed by atoms with Crippen molar-refractivity contribution in [2.24, 2.45) is 0 Å². The van der Waals surface area contributed by atoms with Crippen molar-refractivity contribution in [3.05, 3.63) is 35.9 Å². The molecular weight excluding hydrogens is 220 g/mol. The lowest BCUT2D eigenvalue weighted by Gasteiger charge is -1.82. The van der Waals surface area contributed by atoms with Crippen LogP contribution in [0.2, 0.25) is 0 Å². The number of aryl methyl sites for hydroxylation is 1. The van der Waals surface area contributed by atoms with Gasteiger partial charge >= 0.3 is 0 Å². The van der Waals surface area contributed by atoms with E-state index in [9.17, 15) is 4.79 Å². The van der Waals surface area contributed by atoms with Crippen LogP contribution in [-0.2, 0) is 14.4 Å². The first kappa shape index (κ1) is 20.1. The van der Waals surface area contributed by atoms with Crippen LogP contribution >= 0.6 is 0 Å². The minimum Gasteiger partial charge on any atom is -0.300 e. The fourth-order valence-corrected chi connectivity index (χ4v) is 0.534. The van der Waals surface area contributed by atoms with Gasteiger partial charge in [-0.25, -0.2) is 20.4 Å². The third-order valence-electron chi connectivity index (χ3n) is 0.940. The molecule has 0 aliphatic rings. The van der Waals surface area contributed by atoms with E-state index in [0.717, 1.165) is 12.2 Å². The van der Waals surface area contributed by atoms with E-state index >= 15 is 0 Å². The van der Waals surface area contributed by atoms with Gasteiger partial charge < -0.3 is 4.79 Å². The van der Waals surface area contributed by atoms with Gasteiger partial charge in [0.25, 0.3) is 0 Å². The molecule has 0 spiro atoms. The molecule has 5 nitrogen and oxygen atoms in total. The zero-order valence-corrected chi connectivity index (χ0v) is 10.1. The first-order valence-corrected chi connectivity index (χ1v) is 4.52. The van der Waals surface area contributed by atoms with E-state index < -0.39 is 0 Å². The number of carbonyl (C=O) groups excluding carboxylic acids is 3. The highest BCUT2D eigenvalue weighted by molar-refractivity contribution is 5.72. The lowest BCUT2D eigenvalue weighted by atomic mass is 10.2. The topological polar surface area (TPSA) is 98.9 Å². The zero-order chi connectivity index (χ0) is 14.1. The zero-order valence-electron chi connectivity index (χ0n) is 10.1. The second-order valence-electron chi connectivity index (χ2n) is 2.77. The second-order valence-corrected chi connectivity index (χ2v) is 2.77. The monoisotopic (exact) mass is 236 g/mol. The van der Waals surface area contributed by atoms with Crippen molar-refractivity contribution in [1.29, 1.82) is 10.8 Å². The van der Waals surface area contributed by atoms with E-state index in [4.69, 9.17) is 20.4 Å². The molecule has 0 bridgehead atoms. The Labute approximate surface area is 100 Å². The number of ketones is 1. The van der Waals surface area contributed by atoms with Crippen LogP contribution in [0, 0.1) is 17.7 Å². The van der Waals surface area contributed by atoms with Gasteiger partial charge in [0.05, 0.1) is 0 Å². The van der Waals surface area contributed by atoms with Crippen molar-refractivity contribution in [2.75, 3.05) is 0 Å². The molecule has 0 aromatic heterocycles. The third kappa shape index (κ3) is 58.0. The number of nitrogens with one attached hydrogen (secondary N) is 2. The summed E-state index contributed by atoms with van der Waals surface area (Å²) >= 11 is 0. The molecule has 92 valence electrons. The first-order valence-electron chi connectivity index (χ1n) is 4.52.